The third-order valence-electron chi connectivity index (χ3n) is 5.63. The summed E-state index contributed by atoms with van der Waals surface area (Å²) in [6.07, 6.45) is 24.1. The minimum absolute atomic E-state index is 0.128. The summed E-state index contributed by atoms with van der Waals surface area (Å²) in [5, 5.41) is 0. The standard InChI is InChI=1S/C23H48O4S/c1-3-5-7-9-10-11-12-13-14-15-16-17-19-21-23(20-18-8-6-4-2)22-27-28(24,25)26/h23H,3-22H2,1-2H3,(H,24,25,26). The molecule has 0 saturated heterocycles. The Labute approximate surface area is 176 Å². The van der Waals surface area contributed by atoms with Gasteiger partial charge in [-0.05, 0) is 18.8 Å². The van der Waals surface area contributed by atoms with Crippen LogP contribution in [0.15, 0.2) is 0 Å². The van der Waals surface area contributed by atoms with Gasteiger partial charge in [-0.2, -0.15) is 8.42 Å². The summed E-state index contributed by atoms with van der Waals surface area (Å²) in [5.41, 5.74) is 0. The van der Waals surface area contributed by atoms with E-state index in [2.05, 4.69) is 18.0 Å². The van der Waals surface area contributed by atoms with E-state index in [-0.39, 0.29) is 12.5 Å². The zero-order valence-electron chi connectivity index (χ0n) is 18.8. The second-order valence-electron chi connectivity index (χ2n) is 8.46. The summed E-state index contributed by atoms with van der Waals surface area (Å²) in [6, 6.07) is 0. The first-order chi connectivity index (χ1) is 13.5. The fourth-order valence-corrected chi connectivity index (χ4v) is 4.17. The lowest BCUT2D eigenvalue weighted by Gasteiger charge is -2.16. The maximum absolute atomic E-state index is 10.8. The maximum atomic E-state index is 10.8. The molecule has 0 bridgehead atoms. The number of unbranched alkanes of at least 4 members (excludes halogenated alkanes) is 15. The highest BCUT2D eigenvalue weighted by Crippen LogP contribution is 2.20. The number of rotatable bonds is 22. The quantitative estimate of drug-likeness (QED) is 0.143. The molecule has 0 aromatic carbocycles. The van der Waals surface area contributed by atoms with Gasteiger partial charge < -0.3 is 0 Å². The minimum atomic E-state index is -4.31. The van der Waals surface area contributed by atoms with Crippen LogP contribution in [-0.2, 0) is 14.6 Å². The lowest BCUT2D eigenvalue weighted by Crippen LogP contribution is -2.14. The van der Waals surface area contributed by atoms with Crippen LogP contribution >= 0.6 is 0 Å². The molecule has 1 N–H and O–H groups in total. The molecule has 0 amide bonds. The molecule has 4 nitrogen and oxygen atoms in total. The largest absolute Gasteiger partial charge is 0.397 e. The lowest BCUT2D eigenvalue weighted by molar-refractivity contribution is 0.204. The van der Waals surface area contributed by atoms with Gasteiger partial charge in [-0.1, -0.05) is 123 Å². The van der Waals surface area contributed by atoms with Crippen molar-refractivity contribution in [2.24, 2.45) is 5.92 Å². The van der Waals surface area contributed by atoms with Crippen molar-refractivity contribution >= 4 is 10.4 Å². The molecule has 0 spiro atoms. The van der Waals surface area contributed by atoms with Crippen molar-refractivity contribution in [2.75, 3.05) is 6.61 Å². The van der Waals surface area contributed by atoms with Crippen LogP contribution in [0.2, 0.25) is 0 Å². The summed E-state index contributed by atoms with van der Waals surface area (Å²) in [7, 11) is -4.31. The smallest absolute Gasteiger partial charge is 0.264 e. The molecule has 0 aromatic rings. The Bertz CT molecular complexity index is 409. The summed E-state index contributed by atoms with van der Waals surface area (Å²) in [6.45, 7) is 4.58. The van der Waals surface area contributed by atoms with Gasteiger partial charge in [0.25, 0.3) is 0 Å². The monoisotopic (exact) mass is 420 g/mol. The highest BCUT2D eigenvalue weighted by atomic mass is 32.3. The van der Waals surface area contributed by atoms with Crippen molar-refractivity contribution < 1.29 is 17.2 Å². The summed E-state index contributed by atoms with van der Waals surface area (Å²) in [4.78, 5) is 0. The van der Waals surface area contributed by atoms with Gasteiger partial charge in [0.05, 0.1) is 6.61 Å². The van der Waals surface area contributed by atoms with E-state index >= 15 is 0 Å². The van der Waals surface area contributed by atoms with Gasteiger partial charge in [-0.15, -0.1) is 0 Å². The van der Waals surface area contributed by atoms with Crippen LogP contribution in [0, 0.1) is 5.92 Å². The second kappa shape index (κ2) is 20.2. The summed E-state index contributed by atoms with van der Waals surface area (Å²) in [5.74, 6) is 0.242. The van der Waals surface area contributed by atoms with E-state index in [4.69, 9.17) is 4.55 Å². The highest BCUT2D eigenvalue weighted by Gasteiger charge is 2.13. The van der Waals surface area contributed by atoms with Gasteiger partial charge in [0.2, 0.25) is 0 Å². The first-order valence-corrected chi connectivity index (χ1v) is 13.5. The molecular formula is C23H48O4S. The normalized spacial score (nSPS) is 13.1. The number of hydrogen-bond acceptors (Lipinski definition) is 3. The minimum Gasteiger partial charge on any atom is -0.264 e. The Morgan fingerprint density at radius 1 is 0.607 bits per heavy atom. The molecule has 5 heteroatoms. The molecule has 0 fully saturated rings. The third kappa shape index (κ3) is 22.2. The van der Waals surface area contributed by atoms with Crippen molar-refractivity contribution in [1.29, 1.82) is 0 Å². The fourth-order valence-electron chi connectivity index (χ4n) is 3.80. The molecule has 28 heavy (non-hydrogen) atoms. The van der Waals surface area contributed by atoms with Crippen molar-refractivity contribution in [2.45, 2.75) is 136 Å². The molecule has 170 valence electrons. The van der Waals surface area contributed by atoms with E-state index in [0.717, 1.165) is 25.7 Å². The van der Waals surface area contributed by atoms with Crippen molar-refractivity contribution in [3.05, 3.63) is 0 Å². The van der Waals surface area contributed by atoms with E-state index in [0.29, 0.717) is 0 Å². The van der Waals surface area contributed by atoms with Crippen molar-refractivity contribution in [3.8, 4) is 0 Å². The third-order valence-corrected chi connectivity index (χ3v) is 6.07. The van der Waals surface area contributed by atoms with Crippen LogP contribution in [0.5, 0.6) is 0 Å². The van der Waals surface area contributed by atoms with E-state index in [1.807, 2.05) is 0 Å². The molecule has 1 atom stereocenters. The van der Waals surface area contributed by atoms with Crippen LogP contribution in [0.4, 0.5) is 0 Å². The Morgan fingerprint density at radius 2 is 0.929 bits per heavy atom. The molecule has 0 aromatic heterocycles. The summed E-state index contributed by atoms with van der Waals surface area (Å²) >= 11 is 0. The molecule has 0 aliphatic heterocycles. The molecule has 0 aliphatic rings. The fraction of sp³-hybridized carbons (Fsp3) is 1.00. The Morgan fingerprint density at radius 3 is 1.29 bits per heavy atom. The van der Waals surface area contributed by atoms with Gasteiger partial charge in [-0.25, -0.2) is 4.18 Å². The average molecular weight is 421 g/mol. The Kier molecular flexibility index (Phi) is 20.1. The molecule has 0 heterocycles. The van der Waals surface area contributed by atoms with Crippen molar-refractivity contribution in [3.63, 3.8) is 0 Å². The molecule has 1 unspecified atom stereocenters. The molecule has 0 saturated carbocycles. The summed E-state index contributed by atoms with van der Waals surface area (Å²) < 4.78 is 35.1. The van der Waals surface area contributed by atoms with Gasteiger partial charge in [0, 0.05) is 0 Å². The van der Waals surface area contributed by atoms with E-state index in [1.54, 1.807) is 0 Å². The van der Waals surface area contributed by atoms with E-state index < -0.39 is 10.4 Å². The van der Waals surface area contributed by atoms with Gasteiger partial charge >= 0.3 is 10.4 Å². The molecular weight excluding hydrogens is 372 g/mol. The highest BCUT2D eigenvalue weighted by molar-refractivity contribution is 7.80. The van der Waals surface area contributed by atoms with Crippen LogP contribution in [-0.4, -0.2) is 19.6 Å². The number of hydrogen-bond donors (Lipinski definition) is 1. The zero-order valence-corrected chi connectivity index (χ0v) is 19.6. The van der Waals surface area contributed by atoms with Gasteiger partial charge in [0.15, 0.2) is 0 Å². The molecule has 0 rings (SSSR count). The molecule has 0 aliphatic carbocycles. The second-order valence-corrected chi connectivity index (χ2v) is 9.55. The molecule has 0 radical (unpaired) electrons. The Balaban J connectivity index is 3.63. The van der Waals surface area contributed by atoms with E-state index in [9.17, 15) is 8.42 Å². The predicted molar refractivity (Wildman–Crippen MR) is 120 cm³/mol. The predicted octanol–water partition coefficient (Wildman–Crippen LogP) is 7.87. The van der Waals surface area contributed by atoms with Crippen molar-refractivity contribution in [1.82, 2.24) is 0 Å². The Hall–Kier alpha value is -0.130. The van der Waals surface area contributed by atoms with Crippen LogP contribution in [0.1, 0.15) is 136 Å². The SMILES string of the molecule is CCCCCCCCCCCCCCCC(CCCCCC)COS(=O)(=O)O. The van der Waals surface area contributed by atoms with Gasteiger partial charge in [-0.3, -0.25) is 4.55 Å². The van der Waals surface area contributed by atoms with Crippen LogP contribution < -0.4 is 0 Å². The maximum Gasteiger partial charge on any atom is 0.397 e. The van der Waals surface area contributed by atoms with E-state index in [1.165, 1.54) is 96.3 Å². The van der Waals surface area contributed by atoms with Crippen LogP contribution in [0.3, 0.4) is 0 Å². The topological polar surface area (TPSA) is 63.6 Å². The van der Waals surface area contributed by atoms with Gasteiger partial charge in [0.1, 0.15) is 0 Å². The zero-order chi connectivity index (χ0) is 20.9. The van der Waals surface area contributed by atoms with Crippen LogP contribution in [0.25, 0.3) is 0 Å². The average Bonchev–Trinajstić information content (AvgIpc) is 2.65. The first kappa shape index (κ1) is 27.9. The first-order valence-electron chi connectivity index (χ1n) is 12.1. The lowest BCUT2D eigenvalue weighted by atomic mass is 9.95.